The maximum Gasteiger partial charge on any atom is 0.451 e. The monoisotopic (exact) mass is 169 g/mol. The fourth-order valence-electron chi connectivity index (χ4n) is 0.903. The molecule has 0 aromatic carbocycles. The number of rotatable bonds is 4. The van der Waals surface area contributed by atoms with Gasteiger partial charge in [0.2, 0.25) is 0 Å². The molecule has 0 bridgehead atoms. The summed E-state index contributed by atoms with van der Waals surface area (Å²) in [6, 6.07) is 2.21. The van der Waals surface area contributed by atoms with Gasteiger partial charge in [-0.1, -0.05) is 13.8 Å². The van der Waals surface area contributed by atoms with Crippen LogP contribution in [0.2, 0.25) is 6.32 Å². The van der Waals surface area contributed by atoms with E-state index in [1.54, 1.807) is 0 Å². The molecular formula is C8H16BNO2. The Morgan fingerprint density at radius 1 is 1.50 bits per heavy atom. The summed E-state index contributed by atoms with van der Waals surface area (Å²) < 4.78 is 0. The Bertz CT molecular complexity index is 176. The molecule has 2 N–H and O–H groups in total. The highest BCUT2D eigenvalue weighted by Gasteiger charge is 2.29. The molecule has 0 fully saturated rings. The molecular weight excluding hydrogens is 153 g/mol. The molecule has 12 heavy (non-hydrogen) atoms. The lowest BCUT2D eigenvalue weighted by Gasteiger charge is -2.25. The molecule has 68 valence electrons. The minimum Gasteiger partial charge on any atom is -0.427 e. The highest BCUT2D eigenvalue weighted by molar-refractivity contribution is 6.40. The first-order valence-corrected chi connectivity index (χ1v) is 4.20. The molecule has 3 nitrogen and oxygen atoms in total. The molecule has 0 aromatic rings. The maximum atomic E-state index is 8.86. The first-order valence-electron chi connectivity index (χ1n) is 4.20. The minimum atomic E-state index is -1.29. The van der Waals surface area contributed by atoms with Crippen molar-refractivity contribution in [3.63, 3.8) is 0 Å². The smallest absolute Gasteiger partial charge is 0.427 e. The van der Waals surface area contributed by atoms with Crippen LogP contribution in [0.3, 0.4) is 0 Å². The fourth-order valence-corrected chi connectivity index (χ4v) is 0.903. The standard InChI is InChI=1S/C8H16BNO2/c1-7(2)8(3,6-10)4-5-9(11)12/h7,11-12H,4-5H2,1-3H3. The Morgan fingerprint density at radius 2 is 2.00 bits per heavy atom. The quantitative estimate of drug-likeness (QED) is 0.617. The van der Waals surface area contributed by atoms with Gasteiger partial charge in [0.05, 0.1) is 11.5 Å². The van der Waals surface area contributed by atoms with Crippen LogP contribution in [-0.2, 0) is 0 Å². The lowest BCUT2D eigenvalue weighted by atomic mass is 9.70. The largest absolute Gasteiger partial charge is 0.451 e. The molecule has 0 aliphatic carbocycles. The summed E-state index contributed by atoms with van der Waals surface area (Å²) in [6.45, 7) is 5.78. The van der Waals surface area contributed by atoms with E-state index in [9.17, 15) is 0 Å². The lowest BCUT2D eigenvalue weighted by Crippen LogP contribution is -2.24. The second kappa shape index (κ2) is 4.49. The summed E-state index contributed by atoms with van der Waals surface area (Å²) in [7, 11) is -1.29. The van der Waals surface area contributed by atoms with Gasteiger partial charge in [-0.05, 0) is 25.6 Å². The Balaban J connectivity index is 4.09. The van der Waals surface area contributed by atoms with Crippen LogP contribution in [0.4, 0.5) is 0 Å². The molecule has 0 spiro atoms. The van der Waals surface area contributed by atoms with Gasteiger partial charge in [-0.15, -0.1) is 0 Å². The first kappa shape index (κ1) is 11.5. The average molecular weight is 169 g/mol. The van der Waals surface area contributed by atoms with E-state index in [-0.39, 0.29) is 12.2 Å². The van der Waals surface area contributed by atoms with Crippen LogP contribution in [0.5, 0.6) is 0 Å². The molecule has 0 heterocycles. The van der Waals surface area contributed by atoms with E-state index in [0.717, 1.165) is 0 Å². The summed E-state index contributed by atoms with van der Waals surface area (Å²) in [4.78, 5) is 0. The van der Waals surface area contributed by atoms with Crippen molar-refractivity contribution in [1.82, 2.24) is 0 Å². The second-order valence-corrected chi connectivity index (χ2v) is 3.70. The van der Waals surface area contributed by atoms with Gasteiger partial charge in [0.25, 0.3) is 0 Å². The van der Waals surface area contributed by atoms with Gasteiger partial charge in [0.15, 0.2) is 0 Å². The summed E-state index contributed by atoms with van der Waals surface area (Å²) in [6.07, 6.45) is 0.793. The van der Waals surface area contributed by atoms with Crippen molar-refractivity contribution in [3.05, 3.63) is 0 Å². The van der Waals surface area contributed by atoms with Gasteiger partial charge in [-0.3, -0.25) is 0 Å². The molecule has 0 saturated heterocycles. The fraction of sp³-hybridized carbons (Fsp3) is 0.875. The van der Waals surface area contributed by atoms with E-state index in [2.05, 4.69) is 6.07 Å². The second-order valence-electron chi connectivity index (χ2n) is 3.70. The van der Waals surface area contributed by atoms with Gasteiger partial charge in [0.1, 0.15) is 0 Å². The molecule has 0 radical (unpaired) electrons. The van der Waals surface area contributed by atoms with Crippen molar-refractivity contribution in [3.8, 4) is 6.07 Å². The van der Waals surface area contributed by atoms with Crippen LogP contribution in [0.25, 0.3) is 0 Å². The van der Waals surface area contributed by atoms with E-state index in [0.29, 0.717) is 6.42 Å². The van der Waals surface area contributed by atoms with Crippen molar-refractivity contribution in [1.29, 1.82) is 5.26 Å². The zero-order chi connectivity index (χ0) is 9.78. The van der Waals surface area contributed by atoms with Gasteiger partial charge in [-0.2, -0.15) is 5.26 Å². The van der Waals surface area contributed by atoms with E-state index < -0.39 is 12.5 Å². The third kappa shape index (κ3) is 3.25. The van der Waals surface area contributed by atoms with Gasteiger partial charge >= 0.3 is 7.12 Å². The Labute approximate surface area is 74.2 Å². The minimum absolute atomic E-state index is 0.237. The Kier molecular flexibility index (Phi) is 4.29. The zero-order valence-electron chi connectivity index (χ0n) is 7.91. The van der Waals surface area contributed by atoms with Crippen molar-refractivity contribution >= 4 is 7.12 Å². The third-order valence-corrected chi connectivity index (χ3v) is 2.45. The normalized spacial score (nSPS) is 15.4. The van der Waals surface area contributed by atoms with Gasteiger partial charge < -0.3 is 10.0 Å². The average Bonchev–Trinajstić information content (AvgIpc) is 1.99. The van der Waals surface area contributed by atoms with E-state index in [1.807, 2.05) is 20.8 Å². The molecule has 1 unspecified atom stereocenters. The van der Waals surface area contributed by atoms with Crippen molar-refractivity contribution in [2.24, 2.45) is 11.3 Å². The molecule has 0 aliphatic heterocycles. The number of nitrogens with zero attached hydrogens (tertiary/aromatic N) is 1. The predicted molar refractivity (Wildman–Crippen MR) is 48.2 cm³/mol. The van der Waals surface area contributed by atoms with Gasteiger partial charge in [0, 0.05) is 0 Å². The molecule has 1 atom stereocenters. The van der Waals surface area contributed by atoms with Crippen LogP contribution in [0, 0.1) is 22.7 Å². The van der Waals surface area contributed by atoms with Crippen LogP contribution >= 0.6 is 0 Å². The SMILES string of the molecule is CC(C)C(C)(C#N)CCB(O)O. The molecule has 4 heteroatoms. The number of hydrogen-bond acceptors (Lipinski definition) is 3. The summed E-state index contributed by atoms with van der Waals surface area (Å²) in [5.74, 6) is 0.237. The topological polar surface area (TPSA) is 64.2 Å². The van der Waals surface area contributed by atoms with Gasteiger partial charge in [-0.25, -0.2) is 0 Å². The Hall–Kier alpha value is -0.525. The molecule has 0 amide bonds. The number of hydrogen-bond donors (Lipinski definition) is 2. The lowest BCUT2D eigenvalue weighted by molar-refractivity contribution is 0.287. The van der Waals surface area contributed by atoms with Crippen LogP contribution < -0.4 is 0 Å². The highest BCUT2D eigenvalue weighted by atomic mass is 16.4. The van der Waals surface area contributed by atoms with E-state index in [4.69, 9.17) is 15.3 Å². The first-order chi connectivity index (χ1) is 5.42. The predicted octanol–water partition coefficient (Wildman–Crippen LogP) is 1.04. The van der Waals surface area contributed by atoms with E-state index >= 15 is 0 Å². The third-order valence-electron chi connectivity index (χ3n) is 2.45. The summed E-state index contributed by atoms with van der Waals surface area (Å²) in [5.41, 5.74) is -0.441. The zero-order valence-corrected chi connectivity index (χ0v) is 7.91. The van der Waals surface area contributed by atoms with Crippen molar-refractivity contribution in [2.45, 2.75) is 33.5 Å². The molecule has 0 saturated carbocycles. The van der Waals surface area contributed by atoms with E-state index in [1.165, 1.54) is 0 Å². The summed E-state index contributed by atoms with van der Waals surface area (Å²) >= 11 is 0. The van der Waals surface area contributed by atoms with Crippen LogP contribution in [-0.4, -0.2) is 17.2 Å². The maximum absolute atomic E-state index is 8.86. The van der Waals surface area contributed by atoms with Crippen LogP contribution in [0.1, 0.15) is 27.2 Å². The van der Waals surface area contributed by atoms with Crippen molar-refractivity contribution in [2.75, 3.05) is 0 Å². The number of nitriles is 1. The molecule has 0 rings (SSSR count). The van der Waals surface area contributed by atoms with Crippen molar-refractivity contribution < 1.29 is 10.0 Å². The Morgan fingerprint density at radius 3 is 2.25 bits per heavy atom. The highest BCUT2D eigenvalue weighted by Crippen LogP contribution is 2.31. The van der Waals surface area contributed by atoms with Crippen LogP contribution in [0.15, 0.2) is 0 Å². The molecule has 0 aromatic heterocycles. The molecule has 0 aliphatic rings. The summed E-state index contributed by atoms with van der Waals surface area (Å²) in [5, 5.41) is 26.1.